The summed E-state index contributed by atoms with van der Waals surface area (Å²) in [6.07, 6.45) is 0. The van der Waals surface area contributed by atoms with Crippen molar-refractivity contribution in [3.63, 3.8) is 0 Å². The smallest absolute Gasteiger partial charge is 0.340 e. The molecule has 0 aliphatic carbocycles. The van der Waals surface area contributed by atoms with Crippen LogP contribution in [0.4, 0.5) is 4.39 Å². The second-order valence-electron chi connectivity index (χ2n) is 2.37. The molecule has 2 nitrogen and oxygen atoms in total. The highest BCUT2D eigenvalue weighted by Crippen LogP contribution is 2.22. The molecule has 0 radical (unpaired) electrons. The van der Waals surface area contributed by atoms with Gasteiger partial charge >= 0.3 is 5.97 Å². The molecule has 0 unspecified atom stereocenters. The van der Waals surface area contributed by atoms with Crippen LogP contribution in [0.5, 0.6) is 0 Å². The van der Waals surface area contributed by atoms with Gasteiger partial charge in [0.15, 0.2) is 0 Å². The highest BCUT2D eigenvalue weighted by atomic mass is 79.9. The monoisotopic (exact) mass is 266 g/mol. The van der Waals surface area contributed by atoms with Crippen LogP contribution >= 0.6 is 27.5 Å². The molecule has 0 amide bonds. The lowest BCUT2D eigenvalue weighted by atomic mass is 10.1. The molecule has 0 atom stereocenters. The maximum absolute atomic E-state index is 13.1. The molecule has 70 valence electrons. The molecule has 5 heteroatoms. The first-order valence-electron chi connectivity index (χ1n) is 3.33. The highest BCUT2D eigenvalue weighted by Gasteiger charge is 2.15. The van der Waals surface area contributed by atoms with Gasteiger partial charge in [0.1, 0.15) is 11.4 Å². The van der Waals surface area contributed by atoms with Gasteiger partial charge in [-0.1, -0.05) is 27.5 Å². The molecule has 0 fully saturated rings. The normalized spacial score (nSPS) is 10.1. The molecule has 0 spiro atoms. The SMILES string of the molecule is O=C(O)c1c(F)cc(CBr)cc1Cl. The van der Waals surface area contributed by atoms with E-state index < -0.39 is 17.3 Å². The minimum absolute atomic E-state index is 0.0815. The highest BCUT2D eigenvalue weighted by molar-refractivity contribution is 9.08. The molecule has 0 bridgehead atoms. The molecule has 0 heterocycles. The maximum Gasteiger partial charge on any atom is 0.340 e. The lowest BCUT2D eigenvalue weighted by Gasteiger charge is -2.02. The van der Waals surface area contributed by atoms with Crippen molar-refractivity contribution in [1.82, 2.24) is 0 Å². The largest absolute Gasteiger partial charge is 0.478 e. The third-order valence-electron chi connectivity index (χ3n) is 1.47. The molecule has 1 rings (SSSR count). The summed E-state index contributed by atoms with van der Waals surface area (Å²) in [6, 6.07) is 2.56. The first-order chi connectivity index (χ1) is 6.06. The molecule has 13 heavy (non-hydrogen) atoms. The van der Waals surface area contributed by atoms with E-state index in [9.17, 15) is 9.18 Å². The van der Waals surface area contributed by atoms with Crippen LogP contribution in [0, 0.1) is 5.82 Å². The van der Waals surface area contributed by atoms with Crippen molar-refractivity contribution in [3.05, 3.63) is 34.1 Å². The van der Waals surface area contributed by atoms with E-state index in [-0.39, 0.29) is 5.02 Å². The van der Waals surface area contributed by atoms with Crippen molar-refractivity contribution in [3.8, 4) is 0 Å². The number of rotatable bonds is 2. The summed E-state index contributed by atoms with van der Waals surface area (Å²) in [5.74, 6) is -2.17. The number of carboxylic acid groups (broad SMARTS) is 1. The minimum Gasteiger partial charge on any atom is -0.478 e. The minimum atomic E-state index is -1.36. The quantitative estimate of drug-likeness (QED) is 0.836. The van der Waals surface area contributed by atoms with Gasteiger partial charge in [-0.05, 0) is 17.7 Å². The average Bonchev–Trinajstić information content (AvgIpc) is 2.02. The second kappa shape index (κ2) is 4.07. The van der Waals surface area contributed by atoms with Crippen molar-refractivity contribution >= 4 is 33.5 Å². The average molecular weight is 267 g/mol. The summed E-state index contributed by atoms with van der Waals surface area (Å²) in [5.41, 5.74) is 0.124. The molecular weight excluding hydrogens is 262 g/mol. The van der Waals surface area contributed by atoms with Gasteiger partial charge in [-0.25, -0.2) is 9.18 Å². The van der Waals surface area contributed by atoms with Gasteiger partial charge in [0.2, 0.25) is 0 Å². The molecule has 0 aliphatic heterocycles. The van der Waals surface area contributed by atoms with Crippen LogP contribution in [0.2, 0.25) is 5.02 Å². The van der Waals surface area contributed by atoms with Crippen LogP contribution in [0.15, 0.2) is 12.1 Å². The van der Waals surface area contributed by atoms with Crippen LogP contribution in [0.25, 0.3) is 0 Å². The standard InChI is InChI=1S/C8H5BrClFO2/c9-3-4-1-5(10)7(8(12)13)6(11)2-4/h1-2H,3H2,(H,12,13). The van der Waals surface area contributed by atoms with Crippen molar-refractivity contribution < 1.29 is 14.3 Å². The van der Waals surface area contributed by atoms with Gasteiger partial charge in [-0.15, -0.1) is 0 Å². The maximum atomic E-state index is 13.1. The fourth-order valence-corrected chi connectivity index (χ4v) is 1.54. The lowest BCUT2D eigenvalue weighted by Crippen LogP contribution is -2.02. The van der Waals surface area contributed by atoms with Crippen molar-refractivity contribution in [2.75, 3.05) is 0 Å². The Morgan fingerprint density at radius 1 is 1.62 bits per heavy atom. The van der Waals surface area contributed by atoms with Gasteiger partial charge in [0, 0.05) is 5.33 Å². The predicted molar refractivity (Wildman–Crippen MR) is 51.0 cm³/mol. The fourth-order valence-electron chi connectivity index (χ4n) is 0.907. The Kier molecular flexibility index (Phi) is 3.27. The Morgan fingerprint density at radius 3 is 2.62 bits per heavy atom. The topological polar surface area (TPSA) is 37.3 Å². The molecule has 0 saturated heterocycles. The number of carbonyl (C=O) groups is 1. The Morgan fingerprint density at radius 2 is 2.23 bits per heavy atom. The first-order valence-corrected chi connectivity index (χ1v) is 4.83. The number of halogens is 3. The molecule has 1 aromatic rings. The van der Waals surface area contributed by atoms with Crippen molar-refractivity contribution in [2.45, 2.75) is 5.33 Å². The van der Waals surface area contributed by atoms with E-state index in [1.807, 2.05) is 0 Å². The van der Waals surface area contributed by atoms with Gasteiger partial charge in [-0.3, -0.25) is 0 Å². The molecule has 0 aliphatic rings. The lowest BCUT2D eigenvalue weighted by molar-refractivity contribution is 0.0692. The van der Waals surface area contributed by atoms with Crippen molar-refractivity contribution in [2.24, 2.45) is 0 Å². The number of hydrogen-bond acceptors (Lipinski definition) is 1. The Hall–Kier alpha value is -0.610. The summed E-state index contributed by atoms with van der Waals surface area (Å²) in [4.78, 5) is 10.5. The molecule has 0 saturated carbocycles. The van der Waals surface area contributed by atoms with E-state index in [0.717, 1.165) is 6.07 Å². The zero-order valence-corrected chi connectivity index (χ0v) is 8.69. The number of alkyl halides is 1. The molecule has 0 aromatic heterocycles. The first kappa shape index (κ1) is 10.5. The van der Waals surface area contributed by atoms with E-state index in [1.54, 1.807) is 0 Å². The summed E-state index contributed by atoms with van der Waals surface area (Å²) >= 11 is 8.68. The molecular formula is C8H5BrClFO2. The summed E-state index contributed by atoms with van der Waals surface area (Å²) in [5, 5.41) is 8.93. The van der Waals surface area contributed by atoms with Crippen LogP contribution in [0.1, 0.15) is 15.9 Å². The zero-order chi connectivity index (χ0) is 10.0. The van der Waals surface area contributed by atoms with Crippen molar-refractivity contribution in [1.29, 1.82) is 0 Å². The van der Waals surface area contributed by atoms with Gasteiger partial charge in [0.05, 0.1) is 5.02 Å². The van der Waals surface area contributed by atoms with E-state index in [2.05, 4.69) is 15.9 Å². The summed E-state index contributed by atoms with van der Waals surface area (Å²) in [7, 11) is 0. The van der Waals surface area contributed by atoms with Gasteiger partial charge in [0.25, 0.3) is 0 Å². The van der Waals surface area contributed by atoms with E-state index in [4.69, 9.17) is 16.7 Å². The second-order valence-corrected chi connectivity index (χ2v) is 3.34. The van der Waals surface area contributed by atoms with Crippen LogP contribution in [-0.2, 0) is 5.33 Å². The van der Waals surface area contributed by atoms with Gasteiger partial charge < -0.3 is 5.11 Å². The number of hydrogen-bond donors (Lipinski definition) is 1. The fraction of sp³-hybridized carbons (Fsp3) is 0.125. The van der Waals surface area contributed by atoms with E-state index >= 15 is 0 Å². The number of carboxylic acids is 1. The van der Waals surface area contributed by atoms with E-state index in [1.165, 1.54) is 6.07 Å². The van der Waals surface area contributed by atoms with Crippen LogP contribution in [-0.4, -0.2) is 11.1 Å². The van der Waals surface area contributed by atoms with Gasteiger partial charge in [-0.2, -0.15) is 0 Å². The van der Waals surface area contributed by atoms with Crippen LogP contribution < -0.4 is 0 Å². The molecule has 1 N–H and O–H groups in total. The zero-order valence-electron chi connectivity index (χ0n) is 6.35. The Labute approximate surface area is 87.5 Å². The summed E-state index contributed by atoms with van der Waals surface area (Å²) < 4.78 is 13.1. The predicted octanol–water partition coefficient (Wildman–Crippen LogP) is 3.07. The Bertz CT molecular complexity index is 331. The number of benzene rings is 1. The summed E-state index contributed by atoms with van der Waals surface area (Å²) in [6.45, 7) is 0. The van der Waals surface area contributed by atoms with E-state index in [0.29, 0.717) is 10.9 Å². The third kappa shape index (κ3) is 2.19. The molecule has 1 aromatic carbocycles. The van der Waals surface area contributed by atoms with Crippen LogP contribution in [0.3, 0.4) is 0 Å². The Balaban J connectivity index is 3.31. The third-order valence-corrected chi connectivity index (χ3v) is 2.42. The number of aromatic carboxylic acids is 1.